The van der Waals surface area contributed by atoms with Gasteiger partial charge in [0.1, 0.15) is 5.54 Å². The van der Waals surface area contributed by atoms with Gasteiger partial charge in [-0.05, 0) is 34.5 Å². The molecule has 14 heavy (non-hydrogen) atoms. The normalized spacial score (nSPS) is 24.1. The SMILES string of the molecule is CC1(C(=O)O)Cc2cccc(Br)c2N1. The average molecular weight is 256 g/mol. The van der Waals surface area contributed by atoms with Crippen LogP contribution >= 0.6 is 15.9 Å². The zero-order valence-corrected chi connectivity index (χ0v) is 9.26. The molecule has 74 valence electrons. The van der Waals surface area contributed by atoms with Crippen molar-refractivity contribution >= 4 is 27.6 Å². The van der Waals surface area contributed by atoms with E-state index in [1.807, 2.05) is 18.2 Å². The number of para-hydroxylation sites is 1. The number of carbonyl (C=O) groups is 1. The summed E-state index contributed by atoms with van der Waals surface area (Å²) in [6.07, 6.45) is 0.525. The highest BCUT2D eigenvalue weighted by molar-refractivity contribution is 9.10. The first kappa shape index (κ1) is 9.52. The summed E-state index contributed by atoms with van der Waals surface area (Å²) in [6.45, 7) is 1.70. The second kappa shape index (κ2) is 2.98. The molecule has 1 aromatic carbocycles. The van der Waals surface area contributed by atoms with Crippen LogP contribution in [0.1, 0.15) is 12.5 Å². The van der Waals surface area contributed by atoms with Crippen LogP contribution in [0.4, 0.5) is 5.69 Å². The lowest BCUT2D eigenvalue weighted by molar-refractivity contribution is -0.141. The van der Waals surface area contributed by atoms with Gasteiger partial charge in [0.2, 0.25) is 0 Å². The zero-order valence-electron chi connectivity index (χ0n) is 7.67. The molecule has 0 fully saturated rings. The van der Waals surface area contributed by atoms with Crippen molar-refractivity contribution in [3.05, 3.63) is 28.2 Å². The smallest absolute Gasteiger partial charge is 0.329 e. The molecule has 3 nitrogen and oxygen atoms in total. The molecule has 2 N–H and O–H groups in total. The molecule has 1 atom stereocenters. The second-order valence-corrected chi connectivity index (χ2v) is 4.57. The van der Waals surface area contributed by atoms with Crippen LogP contribution in [0.25, 0.3) is 0 Å². The Morgan fingerprint density at radius 1 is 1.64 bits per heavy atom. The van der Waals surface area contributed by atoms with E-state index in [1.165, 1.54) is 0 Å². The summed E-state index contributed by atoms with van der Waals surface area (Å²) in [5, 5.41) is 12.1. The Kier molecular flexibility index (Phi) is 2.03. The van der Waals surface area contributed by atoms with E-state index in [4.69, 9.17) is 5.11 Å². The minimum atomic E-state index is -0.869. The van der Waals surface area contributed by atoms with Crippen molar-refractivity contribution < 1.29 is 9.90 Å². The van der Waals surface area contributed by atoms with Crippen LogP contribution < -0.4 is 5.32 Å². The molecule has 1 unspecified atom stereocenters. The van der Waals surface area contributed by atoms with Crippen LogP contribution in [0.5, 0.6) is 0 Å². The molecule has 0 saturated carbocycles. The summed E-state index contributed by atoms with van der Waals surface area (Å²) in [5.74, 6) is -0.819. The van der Waals surface area contributed by atoms with Gasteiger partial charge < -0.3 is 10.4 Å². The van der Waals surface area contributed by atoms with Crippen LogP contribution in [0.3, 0.4) is 0 Å². The van der Waals surface area contributed by atoms with E-state index in [2.05, 4.69) is 21.2 Å². The van der Waals surface area contributed by atoms with E-state index >= 15 is 0 Å². The Bertz CT molecular complexity index is 405. The van der Waals surface area contributed by atoms with Gasteiger partial charge in [-0.1, -0.05) is 12.1 Å². The predicted molar refractivity (Wildman–Crippen MR) is 57.5 cm³/mol. The molecule has 0 aromatic heterocycles. The molecular weight excluding hydrogens is 246 g/mol. The molecule has 1 heterocycles. The number of hydrogen-bond acceptors (Lipinski definition) is 2. The molecule has 4 heteroatoms. The number of anilines is 1. The van der Waals surface area contributed by atoms with Gasteiger partial charge in [-0.25, -0.2) is 4.79 Å². The van der Waals surface area contributed by atoms with Gasteiger partial charge in [-0.3, -0.25) is 0 Å². The number of benzene rings is 1. The summed E-state index contributed by atoms with van der Waals surface area (Å²) in [5.41, 5.74) is 1.08. The van der Waals surface area contributed by atoms with Gasteiger partial charge >= 0.3 is 5.97 Å². The summed E-state index contributed by atoms with van der Waals surface area (Å²) in [7, 11) is 0. The van der Waals surface area contributed by atoms with Gasteiger partial charge in [0.15, 0.2) is 0 Å². The molecule has 0 bridgehead atoms. The van der Waals surface area contributed by atoms with Crippen LogP contribution in [0.2, 0.25) is 0 Å². The molecular formula is C10H10BrNO2. The molecule has 0 radical (unpaired) electrons. The topological polar surface area (TPSA) is 49.3 Å². The monoisotopic (exact) mass is 255 g/mol. The lowest BCUT2D eigenvalue weighted by Gasteiger charge is -2.19. The van der Waals surface area contributed by atoms with Crippen molar-refractivity contribution in [3.8, 4) is 0 Å². The Balaban J connectivity index is 2.44. The highest BCUT2D eigenvalue weighted by Crippen LogP contribution is 2.37. The highest BCUT2D eigenvalue weighted by Gasteiger charge is 2.39. The number of carboxylic acid groups (broad SMARTS) is 1. The third-order valence-electron chi connectivity index (χ3n) is 2.52. The third kappa shape index (κ3) is 1.30. The predicted octanol–water partition coefficient (Wildman–Crippen LogP) is 2.26. The fourth-order valence-electron chi connectivity index (χ4n) is 1.69. The number of fused-ring (bicyclic) bond motifs is 1. The van der Waals surface area contributed by atoms with Gasteiger partial charge in [0.05, 0.1) is 5.69 Å². The number of aliphatic carboxylic acids is 1. The van der Waals surface area contributed by atoms with Crippen LogP contribution in [-0.4, -0.2) is 16.6 Å². The Morgan fingerprint density at radius 2 is 2.36 bits per heavy atom. The van der Waals surface area contributed by atoms with Crippen LogP contribution in [0, 0.1) is 0 Å². The van der Waals surface area contributed by atoms with Crippen molar-refractivity contribution in [1.82, 2.24) is 0 Å². The summed E-state index contributed by atoms with van der Waals surface area (Å²) in [4.78, 5) is 11.0. The van der Waals surface area contributed by atoms with Crippen molar-refractivity contribution in [1.29, 1.82) is 0 Å². The maximum atomic E-state index is 11.0. The number of nitrogens with one attached hydrogen (secondary N) is 1. The summed E-state index contributed by atoms with van der Waals surface area (Å²) < 4.78 is 0.917. The number of carboxylic acids is 1. The number of hydrogen-bond donors (Lipinski definition) is 2. The van der Waals surface area contributed by atoms with Crippen molar-refractivity contribution in [2.45, 2.75) is 18.9 Å². The molecule has 0 saturated heterocycles. The average Bonchev–Trinajstić information content (AvgIpc) is 2.45. The minimum Gasteiger partial charge on any atom is -0.480 e. The summed E-state index contributed by atoms with van der Waals surface area (Å²) in [6, 6.07) is 5.76. The molecule has 1 aliphatic rings. The first-order valence-corrected chi connectivity index (χ1v) is 5.11. The molecule has 1 aliphatic heterocycles. The standard InChI is InChI=1S/C10H10BrNO2/c1-10(9(13)14)5-6-3-2-4-7(11)8(6)12-10/h2-4,12H,5H2,1H3,(H,13,14). The quantitative estimate of drug-likeness (QED) is 0.810. The number of rotatable bonds is 1. The first-order chi connectivity index (χ1) is 6.53. The zero-order chi connectivity index (χ0) is 10.3. The maximum absolute atomic E-state index is 11.0. The lowest BCUT2D eigenvalue weighted by atomic mass is 9.98. The summed E-state index contributed by atoms with van der Waals surface area (Å²) >= 11 is 3.39. The second-order valence-electron chi connectivity index (χ2n) is 3.71. The maximum Gasteiger partial charge on any atom is 0.329 e. The largest absolute Gasteiger partial charge is 0.480 e. The van der Waals surface area contributed by atoms with Gasteiger partial charge in [-0.15, -0.1) is 0 Å². The molecule has 2 rings (SSSR count). The van der Waals surface area contributed by atoms with Gasteiger partial charge in [-0.2, -0.15) is 0 Å². The Labute approximate surface area is 90.3 Å². The van der Waals surface area contributed by atoms with Crippen LogP contribution in [0.15, 0.2) is 22.7 Å². The van der Waals surface area contributed by atoms with E-state index in [9.17, 15) is 4.79 Å². The minimum absolute atomic E-state index is 0.525. The highest BCUT2D eigenvalue weighted by atomic mass is 79.9. The van der Waals surface area contributed by atoms with Crippen molar-refractivity contribution in [3.63, 3.8) is 0 Å². The van der Waals surface area contributed by atoms with Crippen molar-refractivity contribution in [2.75, 3.05) is 5.32 Å². The Morgan fingerprint density at radius 3 is 2.93 bits per heavy atom. The lowest BCUT2D eigenvalue weighted by Crippen LogP contribution is -2.41. The van der Waals surface area contributed by atoms with E-state index in [0.717, 1.165) is 15.7 Å². The van der Waals surface area contributed by atoms with Gasteiger partial charge in [0, 0.05) is 10.9 Å². The first-order valence-electron chi connectivity index (χ1n) is 4.32. The van der Waals surface area contributed by atoms with E-state index in [1.54, 1.807) is 6.92 Å². The molecule has 0 amide bonds. The Hall–Kier alpha value is -1.03. The third-order valence-corrected chi connectivity index (χ3v) is 3.18. The van der Waals surface area contributed by atoms with E-state index < -0.39 is 11.5 Å². The fraction of sp³-hybridized carbons (Fsp3) is 0.300. The van der Waals surface area contributed by atoms with Crippen LogP contribution in [-0.2, 0) is 11.2 Å². The number of halogens is 1. The van der Waals surface area contributed by atoms with Crippen molar-refractivity contribution in [2.24, 2.45) is 0 Å². The molecule has 0 aliphatic carbocycles. The van der Waals surface area contributed by atoms with Gasteiger partial charge in [0.25, 0.3) is 0 Å². The fourth-order valence-corrected chi connectivity index (χ4v) is 2.19. The van der Waals surface area contributed by atoms with E-state index in [-0.39, 0.29) is 0 Å². The molecule has 0 spiro atoms. The molecule has 1 aromatic rings. The van der Waals surface area contributed by atoms with E-state index in [0.29, 0.717) is 6.42 Å².